The van der Waals surface area contributed by atoms with Gasteiger partial charge in [0.05, 0.1) is 5.60 Å². The summed E-state index contributed by atoms with van der Waals surface area (Å²) >= 11 is 0. The average Bonchev–Trinajstić information content (AvgIpc) is 2.43. The zero-order chi connectivity index (χ0) is 11.9. The van der Waals surface area contributed by atoms with Crippen molar-refractivity contribution in [3.05, 3.63) is 0 Å². The van der Waals surface area contributed by atoms with E-state index in [1.807, 2.05) is 0 Å². The highest BCUT2D eigenvalue weighted by molar-refractivity contribution is 5.72. The van der Waals surface area contributed by atoms with Gasteiger partial charge in [0.25, 0.3) is 0 Å². The van der Waals surface area contributed by atoms with Crippen LogP contribution in [0.1, 0.15) is 45.4 Å². The van der Waals surface area contributed by atoms with Crippen molar-refractivity contribution in [1.29, 1.82) is 0 Å². The van der Waals surface area contributed by atoms with E-state index in [9.17, 15) is 9.90 Å². The van der Waals surface area contributed by atoms with Gasteiger partial charge in [0.1, 0.15) is 0 Å². The summed E-state index contributed by atoms with van der Waals surface area (Å²) in [6.07, 6.45) is 6.55. The van der Waals surface area contributed by atoms with Gasteiger partial charge in [0.15, 0.2) is 0 Å². The average molecular weight is 228 g/mol. The van der Waals surface area contributed by atoms with Crippen LogP contribution in [-0.2, 0) is 4.79 Å². The summed E-state index contributed by atoms with van der Waals surface area (Å²) in [5, 5.41) is 16.2. The van der Waals surface area contributed by atoms with Crippen molar-refractivity contribution >= 4 is 5.91 Å². The third-order valence-electron chi connectivity index (χ3n) is 3.16. The van der Waals surface area contributed by atoms with Gasteiger partial charge in [-0.15, -0.1) is 0 Å². The molecule has 0 atom stereocenters. The van der Waals surface area contributed by atoms with E-state index in [-0.39, 0.29) is 5.91 Å². The second-order valence-electron chi connectivity index (χ2n) is 4.80. The van der Waals surface area contributed by atoms with Crippen molar-refractivity contribution in [2.24, 2.45) is 0 Å². The van der Waals surface area contributed by atoms with Crippen LogP contribution in [0.15, 0.2) is 0 Å². The molecule has 1 fully saturated rings. The fraction of sp³-hybridized carbons (Fsp3) is 0.917. The summed E-state index contributed by atoms with van der Waals surface area (Å²) in [4.78, 5) is 10.6. The number of carbonyl (C=O) groups excluding carboxylic acids is 1. The first-order chi connectivity index (χ1) is 7.62. The Morgan fingerprint density at radius 2 is 1.81 bits per heavy atom. The molecule has 0 unspecified atom stereocenters. The lowest BCUT2D eigenvalue weighted by Gasteiger charge is -2.26. The predicted octanol–water partition coefficient (Wildman–Crippen LogP) is 0.797. The Balaban J connectivity index is 2.12. The molecule has 0 aromatic heterocycles. The molecule has 0 aliphatic heterocycles. The Bertz CT molecular complexity index is 211. The summed E-state index contributed by atoms with van der Waals surface area (Å²) in [6, 6.07) is 0. The number of nitrogens with one attached hydrogen (secondary N) is 2. The van der Waals surface area contributed by atoms with Crippen LogP contribution in [0.5, 0.6) is 0 Å². The Hall–Kier alpha value is -0.610. The maximum atomic E-state index is 10.6. The van der Waals surface area contributed by atoms with Crippen molar-refractivity contribution in [2.75, 3.05) is 19.6 Å². The second-order valence-corrected chi connectivity index (χ2v) is 4.80. The molecule has 4 nitrogen and oxygen atoms in total. The van der Waals surface area contributed by atoms with Gasteiger partial charge in [-0.1, -0.05) is 25.7 Å². The number of carbonyl (C=O) groups is 1. The third-order valence-corrected chi connectivity index (χ3v) is 3.16. The van der Waals surface area contributed by atoms with Crippen LogP contribution in [0.2, 0.25) is 0 Å². The molecule has 1 aliphatic carbocycles. The van der Waals surface area contributed by atoms with Gasteiger partial charge in [-0.05, 0) is 12.8 Å². The third kappa shape index (κ3) is 5.47. The van der Waals surface area contributed by atoms with E-state index < -0.39 is 5.60 Å². The molecule has 16 heavy (non-hydrogen) atoms. The van der Waals surface area contributed by atoms with Gasteiger partial charge < -0.3 is 15.7 Å². The smallest absolute Gasteiger partial charge is 0.216 e. The minimum absolute atomic E-state index is 0.00465. The van der Waals surface area contributed by atoms with Crippen LogP contribution in [0, 0.1) is 0 Å². The topological polar surface area (TPSA) is 61.4 Å². The maximum Gasteiger partial charge on any atom is 0.216 e. The van der Waals surface area contributed by atoms with Crippen molar-refractivity contribution in [2.45, 2.75) is 51.0 Å². The van der Waals surface area contributed by atoms with Crippen molar-refractivity contribution in [1.82, 2.24) is 10.6 Å². The monoisotopic (exact) mass is 228 g/mol. The number of hydrogen-bond acceptors (Lipinski definition) is 3. The standard InChI is InChI=1S/C12H24N2O2/c1-11(15)14-9-8-13-10-12(16)6-4-2-3-5-7-12/h13,16H,2-10H2,1H3,(H,14,15). The van der Waals surface area contributed by atoms with E-state index >= 15 is 0 Å². The Morgan fingerprint density at radius 1 is 1.19 bits per heavy atom. The lowest BCUT2D eigenvalue weighted by Crippen LogP contribution is -2.42. The molecule has 0 aromatic carbocycles. The molecule has 0 spiro atoms. The molecule has 1 saturated carbocycles. The summed E-state index contributed by atoms with van der Waals surface area (Å²) in [6.45, 7) is 3.51. The van der Waals surface area contributed by atoms with E-state index in [2.05, 4.69) is 10.6 Å². The molecule has 1 amide bonds. The Labute approximate surface area is 97.8 Å². The van der Waals surface area contributed by atoms with Gasteiger partial charge in [-0.3, -0.25) is 4.79 Å². The number of aliphatic hydroxyl groups is 1. The minimum Gasteiger partial charge on any atom is -0.389 e. The van der Waals surface area contributed by atoms with E-state index in [4.69, 9.17) is 0 Å². The van der Waals surface area contributed by atoms with Gasteiger partial charge in [-0.2, -0.15) is 0 Å². The van der Waals surface area contributed by atoms with E-state index in [1.54, 1.807) is 0 Å². The molecule has 1 aliphatic rings. The second kappa shape index (κ2) is 6.86. The lowest BCUT2D eigenvalue weighted by molar-refractivity contribution is -0.118. The number of amides is 1. The van der Waals surface area contributed by atoms with E-state index in [0.717, 1.165) is 32.2 Å². The van der Waals surface area contributed by atoms with E-state index in [1.165, 1.54) is 19.8 Å². The molecule has 1 rings (SSSR count). The maximum absolute atomic E-state index is 10.6. The molecule has 94 valence electrons. The highest BCUT2D eigenvalue weighted by atomic mass is 16.3. The quantitative estimate of drug-likeness (QED) is 0.482. The van der Waals surface area contributed by atoms with Crippen molar-refractivity contribution < 1.29 is 9.90 Å². The summed E-state index contributed by atoms with van der Waals surface area (Å²) in [7, 11) is 0. The lowest BCUT2D eigenvalue weighted by atomic mass is 9.94. The van der Waals surface area contributed by atoms with Crippen molar-refractivity contribution in [3.63, 3.8) is 0 Å². The fourth-order valence-corrected chi connectivity index (χ4v) is 2.21. The highest BCUT2D eigenvalue weighted by Crippen LogP contribution is 2.26. The van der Waals surface area contributed by atoms with Gasteiger partial charge in [0.2, 0.25) is 5.91 Å². The van der Waals surface area contributed by atoms with Crippen LogP contribution in [-0.4, -0.2) is 36.2 Å². The summed E-state index contributed by atoms with van der Waals surface area (Å²) < 4.78 is 0. The summed E-state index contributed by atoms with van der Waals surface area (Å²) in [5.74, 6) is -0.00465. The van der Waals surface area contributed by atoms with Crippen LogP contribution < -0.4 is 10.6 Å². The molecule has 0 bridgehead atoms. The Morgan fingerprint density at radius 3 is 2.38 bits per heavy atom. The zero-order valence-corrected chi connectivity index (χ0v) is 10.2. The molecule has 4 heteroatoms. The van der Waals surface area contributed by atoms with Crippen LogP contribution in [0.25, 0.3) is 0 Å². The first-order valence-electron chi connectivity index (χ1n) is 6.30. The first-order valence-corrected chi connectivity index (χ1v) is 6.30. The predicted molar refractivity (Wildman–Crippen MR) is 64.2 cm³/mol. The van der Waals surface area contributed by atoms with Crippen LogP contribution in [0.3, 0.4) is 0 Å². The molecular weight excluding hydrogens is 204 g/mol. The zero-order valence-electron chi connectivity index (χ0n) is 10.2. The van der Waals surface area contributed by atoms with Gasteiger partial charge in [-0.25, -0.2) is 0 Å². The number of hydrogen-bond donors (Lipinski definition) is 3. The normalized spacial score (nSPS) is 20.1. The van der Waals surface area contributed by atoms with Crippen LogP contribution >= 0.6 is 0 Å². The first kappa shape index (κ1) is 13.5. The highest BCUT2D eigenvalue weighted by Gasteiger charge is 2.26. The van der Waals surface area contributed by atoms with Crippen molar-refractivity contribution in [3.8, 4) is 0 Å². The largest absolute Gasteiger partial charge is 0.389 e. The fourth-order valence-electron chi connectivity index (χ4n) is 2.21. The molecule has 0 aromatic rings. The van der Waals surface area contributed by atoms with Gasteiger partial charge >= 0.3 is 0 Å². The minimum atomic E-state index is -0.521. The van der Waals surface area contributed by atoms with Gasteiger partial charge in [0, 0.05) is 26.6 Å². The molecule has 0 saturated heterocycles. The molecule has 0 radical (unpaired) electrons. The molecule has 0 heterocycles. The van der Waals surface area contributed by atoms with E-state index in [0.29, 0.717) is 13.1 Å². The molecular formula is C12H24N2O2. The Kier molecular flexibility index (Phi) is 5.77. The number of rotatable bonds is 5. The van der Waals surface area contributed by atoms with Crippen LogP contribution in [0.4, 0.5) is 0 Å². The SMILES string of the molecule is CC(=O)NCCNCC1(O)CCCCCC1. The molecule has 3 N–H and O–H groups in total. The summed E-state index contributed by atoms with van der Waals surface area (Å²) in [5.41, 5.74) is -0.521.